The van der Waals surface area contributed by atoms with Gasteiger partial charge in [0, 0.05) is 0 Å². The molecule has 19 heavy (non-hydrogen) atoms. The van der Waals surface area contributed by atoms with Crippen LogP contribution in [0.5, 0.6) is 0 Å². The Balaban J connectivity index is 3.10. The maximum atomic E-state index is 12.1. The fourth-order valence-corrected chi connectivity index (χ4v) is 2.87. The van der Waals surface area contributed by atoms with Gasteiger partial charge in [-0.05, 0) is 23.6 Å². The molecule has 5 N–H and O–H groups in total. The molecule has 0 fully saturated rings. The molecule has 6 nitrogen and oxygen atoms in total. The van der Waals surface area contributed by atoms with E-state index in [0.717, 1.165) is 5.56 Å². The second kappa shape index (κ2) is 5.68. The summed E-state index contributed by atoms with van der Waals surface area (Å²) in [6.45, 7) is 3.96. The van der Waals surface area contributed by atoms with Crippen LogP contribution in [0, 0.1) is 0 Å². The van der Waals surface area contributed by atoms with Crippen molar-refractivity contribution in [1.82, 2.24) is 0 Å². The summed E-state index contributed by atoms with van der Waals surface area (Å²) in [4.78, 5) is 10.7. The molecule has 0 bridgehead atoms. The van der Waals surface area contributed by atoms with E-state index in [4.69, 9.17) is 16.6 Å². The molecular formula is C12H18N2O4S. The number of nitrogens with two attached hydrogens (primary N) is 2. The zero-order chi connectivity index (χ0) is 14.8. The molecule has 2 unspecified atom stereocenters. The molecule has 2 atom stereocenters. The monoisotopic (exact) mass is 286 g/mol. The van der Waals surface area contributed by atoms with Gasteiger partial charge in [-0.25, -0.2) is 8.42 Å². The number of benzene rings is 1. The zero-order valence-corrected chi connectivity index (χ0v) is 11.6. The minimum atomic E-state index is -3.95. The topological polar surface area (TPSA) is 123 Å². The maximum absolute atomic E-state index is 12.1. The molecule has 1 rings (SSSR count). The van der Waals surface area contributed by atoms with Gasteiger partial charge in [-0.1, -0.05) is 26.0 Å². The van der Waals surface area contributed by atoms with E-state index >= 15 is 0 Å². The molecule has 0 aliphatic rings. The normalized spacial score (nSPS) is 15.2. The van der Waals surface area contributed by atoms with Gasteiger partial charge in [-0.15, -0.1) is 0 Å². The predicted octanol–water partition coefficient (Wildman–Crippen LogP) is 0.280. The van der Waals surface area contributed by atoms with Gasteiger partial charge in [0.25, 0.3) is 0 Å². The molecule has 7 heteroatoms. The molecule has 0 radical (unpaired) electrons. The molecule has 0 saturated carbocycles. The first-order valence-corrected chi connectivity index (χ1v) is 7.30. The number of carbonyl (C=O) groups is 1. The third-order valence-electron chi connectivity index (χ3n) is 2.87. The van der Waals surface area contributed by atoms with Gasteiger partial charge >= 0.3 is 5.97 Å². The van der Waals surface area contributed by atoms with Crippen molar-refractivity contribution >= 4 is 15.8 Å². The van der Waals surface area contributed by atoms with Gasteiger partial charge in [-0.3, -0.25) is 4.79 Å². The molecule has 0 saturated heterocycles. The lowest BCUT2D eigenvalue weighted by molar-refractivity contribution is -0.138. The number of sulfone groups is 1. The second-order valence-electron chi connectivity index (χ2n) is 4.60. The smallest absolute Gasteiger partial charge is 0.323 e. The lowest BCUT2D eigenvalue weighted by Gasteiger charge is -2.17. The van der Waals surface area contributed by atoms with Crippen molar-refractivity contribution in [3.8, 4) is 0 Å². The molecule has 0 aliphatic carbocycles. The fraction of sp³-hybridized carbons (Fsp3) is 0.417. The van der Waals surface area contributed by atoms with Crippen LogP contribution in [0.3, 0.4) is 0 Å². The summed E-state index contributed by atoms with van der Waals surface area (Å²) in [5.74, 6) is -1.18. The van der Waals surface area contributed by atoms with Gasteiger partial charge in [0.1, 0.15) is 11.4 Å². The average Bonchev–Trinajstić information content (AvgIpc) is 2.36. The Morgan fingerprint density at radius 1 is 1.16 bits per heavy atom. The van der Waals surface area contributed by atoms with Crippen LogP contribution in [0.1, 0.15) is 25.3 Å². The summed E-state index contributed by atoms with van der Waals surface area (Å²) in [5.41, 5.74) is 11.7. The van der Waals surface area contributed by atoms with E-state index < -0.39 is 27.2 Å². The standard InChI is InChI=1S/C12H18N2O4S/c1-7(2)8-3-5-9(6-4-8)19(17,18)11(14)10(13)12(15)16/h3-7,10-11H,13-14H2,1-2H3,(H,15,16). The quantitative estimate of drug-likeness (QED) is 0.714. The van der Waals surface area contributed by atoms with Crippen molar-refractivity contribution in [2.75, 3.05) is 0 Å². The molecule has 106 valence electrons. The summed E-state index contributed by atoms with van der Waals surface area (Å²) < 4.78 is 24.2. The SMILES string of the molecule is CC(C)c1ccc(S(=O)(=O)C(N)C(N)C(=O)O)cc1. The first kappa shape index (κ1) is 15.6. The van der Waals surface area contributed by atoms with Gasteiger partial charge in [0.15, 0.2) is 9.84 Å². The number of rotatable bonds is 5. The van der Waals surface area contributed by atoms with Crippen LogP contribution in [-0.4, -0.2) is 30.9 Å². The van der Waals surface area contributed by atoms with Crippen LogP contribution < -0.4 is 11.5 Å². The van der Waals surface area contributed by atoms with Crippen LogP contribution >= 0.6 is 0 Å². The second-order valence-corrected chi connectivity index (χ2v) is 6.70. The van der Waals surface area contributed by atoms with Crippen molar-refractivity contribution < 1.29 is 18.3 Å². The molecule has 1 aromatic carbocycles. The van der Waals surface area contributed by atoms with Gasteiger partial charge < -0.3 is 16.6 Å². The molecule has 1 aromatic rings. The van der Waals surface area contributed by atoms with Crippen molar-refractivity contribution in [1.29, 1.82) is 0 Å². The van der Waals surface area contributed by atoms with E-state index in [-0.39, 0.29) is 10.8 Å². The van der Waals surface area contributed by atoms with E-state index in [0.29, 0.717) is 0 Å². The largest absolute Gasteiger partial charge is 0.480 e. The first-order valence-electron chi connectivity index (χ1n) is 5.75. The highest BCUT2D eigenvalue weighted by Gasteiger charge is 2.33. The van der Waals surface area contributed by atoms with E-state index in [2.05, 4.69) is 0 Å². The van der Waals surface area contributed by atoms with Crippen molar-refractivity contribution in [3.63, 3.8) is 0 Å². The van der Waals surface area contributed by atoms with Crippen molar-refractivity contribution in [2.45, 2.75) is 36.1 Å². The van der Waals surface area contributed by atoms with Crippen LogP contribution in [0.15, 0.2) is 29.2 Å². The van der Waals surface area contributed by atoms with Crippen LogP contribution in [-0.2, 0) is 14.6 Å². The number of aliphatic carboxylic acids is 1. The van der Waals surface area contributed by atoms with E-state index in [9.17, 15) is 13.2 Å². The minimum absolute atomic E-state index is 0.0268. The summed E-state index contributed by atoms with van der Waals surface area (Å²) in [6, 6.07) is 4.53. The average molecular weight is 286 g/mol. The highest BCUT2D eigenvalue weighted by molar-refractivity contribution is 7.92. The van der Waals surface area contributed by atoms with Crippen LogP contribution in [0.2, 0.25) is 0 Å². The van der Waals surface area contributed by atoms with Gasteiger partial charge in [0.2, 0.25) is 0 Å². The third kappa shape index (κ3) is 3.31. The Hall–Kier alpha value is -1.44. The molecule has 0 heterocycles. The summed E-state index contributed by atoms with van der Waals surface area (Å²) >= 11 is 0. The zero-order valence-electron chi connectivity index (χ0n) is 10.8. The third-order valence-corrected chi connectivity index (χ3v) is 4.81. The summed E-state index contributed by atoms with van der Waals surface area (Å²) in [6.07, 6.45) is 0. The van der Waals surface area contributed by atoms with Crippen LogP contribution in [0.4, 0.5) is 0 Å². The Morgan fingerprint density at radius 2 is 1.63 bits per heavy atom. The predicted molar refractivity (Wildman–Crippen MR) is 71.3 cm³/mol. The Morgan fingerprint density at radius 3 is 2.00 bits per heavy atom. The Labute approximate surface area is 112 Å². The highest BCUT2D eigenvalue weighted by atomic mass is 32.2. The molecule has 0 spiro atoms. The number of hydrogen-bond acceptors (Lipinski definition) is 5. The van der Waals surface area contributed by atoms with E-state index in [1.54, 1.807) is 12.1 Å². The fourth-order valence-electron chi connectivity index (χ4n) is 1.53. The molecule has 0 aliphatic heterocycles. The Bertz CT molecular complexity index is 552. The van der Waals surface area contributed by atoms with Crippen molar-refractivity contribution in [2.24, 2.45) is 11.5 Å². The summed E-state index contributed by atoms with van der Waals surface area (Å²) in [7, 11) is -3.95. The first-order chi connectivity index (χ1) is 8.67. The van der Waals surface area contributed by atoms with E-state index in [1.807, 2.05) is 13.8 Å². The number of hydrogen-bond donors (Lipinski definition) is 3. The maximum Gasteiger partial charge on any atom is 0.323 e. The number of carboxylic acid groups (broad SMARTS) is 1. The summed E-state index contributed by atoms with van der Waals surface area (Å²) in [5, 5.41) is 7.04. The Kier molecular flexibility index (Phi) is 4.67. The van der Waals surface area contributed by atoms with Gasteiger partial charge in [0.05, 0.1) is 4.90 Å². The highest BCUT2D eigenvalue weighted by Crippen LogP contribution is 2.20. The molecule has 0 amide bonds. The van der Waals surface area contributed by atoms with Gasteiger partial charge in [-0.2, -0.15) is 0 Å². The lowest BCUT2D eigenvalue weighted by Crippen LogP contribution is -2.51. The number of carboxylic acids is 1. The van der Waals surface area contributed by atoms with Crippen molar-refractivity contribution in [3.05, 3.63) is 29.8 Å². The minimum Gasteiger partial charge on any atom is -0.480 e. The van der Waals surface area contributed by atoms with E-state index in [1.165, 1.54) is 12.1 Å². The molecule has 0 aromatic heterocycles. The van der Waals surface area contributed by atoms with Crippen LogP contribution in [0.25, 0.3) is 0 Å². The molecular weight excluding hydrogens is 268 g/mol. The lowest BCUT2D eigenvalue weighted by atomic mass is 10.0.